The van der Waals surface area contributed by atoms with Crippen LogP contribution in [0.3, 0.4) is 0 Å². The van der Waals surface area contributed by atoms with Crippen molar-refractivity contribution in [2.24, 2.45) is 0 Å². The molecule has 1 heterocycles. The average Bonchev–Trinajstić information content (AvgIpc) is 2.73. The molecule has 29 heavy (non-hydrogen) atoms. The van der Waals surface area contributed by atoms with E-state index < -0.39 is 17.4 Å². The lowest BCUT2D eigenvalue weighted by Crippen LogP contribution is -2.32. The van der Waals surface area contributed by atoms with Crippen molar-refractivity contribution in [2.45, 2.75) is 6.92 Å². The van der Waals surface area contributed by atoms with Gasteiger partial charge in [-0.15, -0.1) is 0 Å². The molecule has 0 aliphatic rings. The van der Waals surface area contributed by atoms with E-state index >= 15 is 0 Å². The topological polar surface area (TPSA) is 94.8 Å². The molecule has 148 valence electrons. The number of carbonyl (C=O) groups is 2. The smallest absolute Gasteiger partial charge is 0.349 e. The molecular weight excluding hydrogens is 374 g/mol. The third-order valence-electron chi connectivity index (χ3n) is 4.05. The molecule has 0 radical (unpaired) electrons. The number of fused-ring (bicyclic) bond motifs is 1. The van der Waals surface area contributed by atoms with Gasteiger partial charge in [-0.05, 0) is 42.8 Å². The second kappa shape index (κ2) is 8.88. The molecule has 3 aromatic rings. The van der Waals surface area contributed by atoms with Gasteiger partial charge in [-0.25, -0.2) is 4.79 Å². The van der Waals surface area contributed by atoms with Crippen LogP contribution in [0, 0.1) is 0 Å². The summed E-state index contributed by atoms with van der Waals surface area (Å²) in [6, 6.07) is 13.5. The third-order valence-corrected chi connectivity index (χ3v) is 4.05. The van der Waals surface area contributed by atoms with Crippen molar-refractivity contribution in [3.8, 4) is 11.5 Å². The summed E-state index contributed by atoms with van der Waals surface area (Å²) in [7, 11) is 1.56. The number of carbonyl (C=O) groups excluding carboxylic acids is 2. The quantitative estimate of drug-likeness (QED) is 0.511. The van der Waals surface area contributed by atoms with Crippen LogP contribution in [0.15, 0.2) is 63.8 Å². The van der Waals surface area contributed by atoms with Crippen molar-refractivity contribution in [3.05, 3.63) is 76.2 Å². The molecule has 7 heteroatoms. The zero-order valence-corrected chi connectivity index (χ0v) is 15.9. The van der Waals surface area contributed by atoms with Gasteiger partial charge in [0.1, 0.15) is 11.3 Å². The summed E-state index contributed by atoms with van der Waals surface area (Å²) in [5.74, 6) is -0.398. The van der Waals surface area contributed by atoms with Crippen molar-refractivity contribution < 1.29 is 23.5 Å². The minimum Gasteiger partial charge on any atom is -0.497 e. The molecule has 1 aromatic heterocycles. The number of rotatable bonds is 6. The molecule has 0 unspecified atom stereocenters. The van der Waals surface area contributed by atoms with Gasteiger partial charge in [-0.1, -0.05) is 24.3 Å². The van der Waals surface area contributed by atoms with Crippen molar-refractivity contribution in [2.75, 3.05) is 13.7 Å². The largest absolute Gasteiger partial charge is 0.497 e. The number of ether oxygens (including phenoxy) is 2. The van der Waals surface area contributed by atoms with Crippen LogP contribution in [-0.2, 0) is 4.79 Å². The Balaban J connectivity index is 1.76. The molecular formula is C22H19NO6. The Hall–Kier alpha value is -3.87. The molecule has 2 amide bonds. The fourth-order valence-electron chi connectivity index (χ4n) is 2.65. The van der Waals surface area contributed by atoms with E-state index in [1.54, 1.807) is 55.7 Å². The number of amides is 2. The molecule has 0 bridgehead atoms. The van der Waals surface area contributed by atoms with Gasteiger partial charge in [-0.3, -0.25) is 14.9 Å². The van der Waals surface area contributed by atoms with Crippen LogP contribution >= 0.6 is 0 Å². The fraction of sp³-hybridized carbons (Fsp3) is 0.136. The Bertz CT molecular complexity index is 1130. The van der Waals surface area contributed by atoms with Crippen LogP contribution in [0.2, 0.25) is 0 Å². The first-order valence-corrected chi connectivity index (χ1v) is 8.89. The summed E-state index contributed by atoms with van der Waals surface area (Å²) < 4.78 is 15.7. The number of imide groups is 1. The second-order valence-corrected chi connectivity index (χ2v) is 5.98. The van der Waals surface area contributed by atoms with Crippen LogP contribution in [0.5, 0.6) is 11.5 Å². The minimum atomic E-state index is -0.853. The molecule has 2 aromatic carbocycles. The first kappa shape index (κ1) is 19.9. The van der Waals surface area contributed by atoms with Crippen molar-refractivity contribution in [3.63, 3.8) is 0 Å². The van der Waals surface area contributed by atoms with E-state index in [9.17, 15) is 14.4 Å². The number of methoxy groups -OCH3 is 1. The predicted molar refractivity (Wildman–Crippen MR) is 108 cm³/mol. The molecule has 3 rings (SSSR count). The Morgan fingerprint density at radius 3 is 2.59 bits per heavy atom. The van der Waals surface area contributed by atoms with Gasteiger partial charge in [0.15, 0.2) is 11.3 Å². The van der Waals surface area contributed by atoms with E-state index in [0.717, 1.165) is 5.56 Å². The van der Waals surface area contributed by atoms with E-state index in [4.69, 9.17) is 13.9 Å². The van der Waals surface area contributed by atoms with Gasteiger partial charge in [0.25, 0.3) is 11.8 Å². The molecule has 0 atom stereocenters. The summed E-state index contributed by atoms with van der Waals surface area (Å²) in [5.41, 5.74) is -0.116. The average molecular weight is 393 g/mol. The van der Waals surface area contributed by atoms with E-state index in [1.165, 1.54) is 12.1 Å². The molecule has 0 saturated carbocycles. The van der Waals surface area contributed by atoms with E-state index in [0.29, 0.717) is 23.5 Å². The molecule has 0 fully saturated rings. The molecule has 1 N–H and O–H groups in total. The molecule has 0 aliphatic carbocycles. The Morgan fingerprint density at radius 2 is 1.90 bits per heavy atom. The maximum absolute atomic E-state index is 12.4. The molecule has 0 aliphatic heterocycles. The first-order valence-electron chi connectivity index (χ1n) is 8.89. The molecule has 7 nitrogen and oxygen atoms in total. The van der Waals surface area contributed by atoms with Gasteiger partial charge in [-0.2, -0.15) is 0 Å². The Morgan fingerprint density at radius 1 is 1.14 bits per heavy atom. The zero-order valence-electron chi connectivity index (χ0n) is 15.9. The highest BCUT2D eigenvalue weighted by Crippen LogP contribution is 2.24. The van der Waals surface area contributed by atoms with E-state index in [2.05, 4.69) is 5.32 Å². The lowest BCUT2D eigenvalue weighted by atomic mass is 10.1. The Kier molecular flexibility index (Phi) is 6.09. The summed E-state index contributed by atoms with van der Waals surface area (Å²) in [5, 5.41) is 2.67. The van der Waals surface area contributed by atoms with Gasteiger partial charge in [0, 0.05) is 11.5 Å². The van der Waals surface area contributed by atoms with Crippen molar-refractivity contribution in [1.82, 2.24) is 5.32 Å². The maximum atomic E-state index is 12.4. The summed E-state index contributed by atoms with van der Waals surface area (Å²) in [6.07, 6.45) is 2.74. The van der Waals surface area contributed by atoms with Crippen molar-refractivity contribution in [1.29, 1.82) is 0 Å². The van der Waals surface area contributed by atoms with Crippen LogP contribution in [0.25, 0.3) is 17.0 Å². The van der Waals surface area contributed by atoms with E-state index in [-0.39, 0.29) is 11.1 Å². The fourth-order valence-corrected chi connectivity index (χ4v) is 2.65. The highest BCUT2D eigenvalue weighted by Gasteiger charge is 2.17. The highest BCUT2D eigenvalue weighted by molar-refractivity contribution is 6.09. The summed E-state index contributed by atoms with van der Waals surface area (Å²) in [6.45, 7) is 2.21. The SMILES string of the molecule is CCOc1cccc2cc(C(=O)NC(=O)/C=C\c3ccc(OC)cc3)c(=O)oc12. The standard InChI is InChI=1S/C22H19NO6/c1-3-28-18-6-4-5-15-13-17(22(26)29-20(15)18)21(25)23-19(24)12-9-14-7-10-16(27-2)11-8-14/h4-13H,3H2,1-2H3,(H,23,24,25)/b12-9-. The van der Waals surface area contributed by atoms with Gasteiger partial charge < -0.3 is 13.9 Å². The molecule has 0 saturated heterocycles. The van der Waals surface area contributed by atoms with Gasteiger partial charge in [0.2, 0.25) is 0 Å². The zero-order chi connectivity index (χ0) is 20.8. The summed E-state index contributed by atoms with van der Waals surface area (Å²) >= 11 is 0. The molecule has 0 spiro atoms. The second-order valence-electron chi connectivity index (χ2n) is 5.98. The maximum Gasteiger partial charge on any atom is 0.349 e. The number of hydrogen-bond donors (Lipinski definition) is 1. The van der Waals surface area contributed by atoms with E-state index in [1.807, 2.05) is 6.92 Å². The number of nitrogens with one attached hydrogen (secondary N) is 1. The summed E-state index contributed by atoms with van der Waals surface area (Å²) in [4.78, 5) is 36.6. The van der Waals surface area contributed by atoms with Crippen LogP contribution in [0.4, 0.5) is 0 Å². The normalized spacial score (nSPS) is 10.8. The van der Waals surface area contributed by atoms with Crippen molar-refractivity contribution >= 4 is 28.9 Å². The lowest BCUT2D eigenvalue weighted by Gasteiger charge is -2.07. The first-order chi connectivity index (χ1) is 14.0. The van der Waals surface area contributed by atoms with Crippen LogP contribution in [-0.4, -0.2) is 25.5 Å². The minimum absolute atomic E-state index is 0.252. The highest BCUT2D eigenvalue weighted by atomic mass is 16.5. The predicted octanol–water partition coefficient (Wildman–Crippen LogP) is 3.17. The van der Waals surface area contributed by atoms with Gasteiger partial charge >= 0.3 is 5.63 Å². The van der Waals surface area contributed by atoms with Crippen LogP contribution in [0.1, 0.15) is 22.8 Å². The number of hydrogen-bond acceptors (Lipinski definition) is 6. The Labute approximate surface area is 166 Å². The monoisotopic (exact) mass is 393 g/mol. The number of para-hydroxylation sites is 1. The lowest BCUT2D eigenvalue weighted by molar-refractivity contribution is -0.115. The number of benzene rings is 2. The van der Waals surface area contributed by atoms with Gasteiger partial charge in [0.05, 0.1) is 13.7 Å². The third kappa shape index (κ3) is 4.70. The van der Waals surface area contributed by atoms with Crippen LogP contribution < -0.4 is 20.4 Å².